The van der Waals surface area contributed by atoms with Gasteiger partial charge in [-0.3, -0.25) is 0 Å². The van der Waals surface area contributed by atoms with Crippen molar-refractivity contribution in [3.63, 3.8) is 0 Å². The van der Waals surface area contributed by atoms with Crippen LogP contribution in [-0.2, 0) is 0 Å². The highest BCUT2D eigenvalue weighted by Gasteiger charge is 2.18. The first-order valence-electron chi connectivity index (χ1n) is 4.92. The smallest absolute Gasteiger partial charge is 0.347 e. The van der Waals surface area contributed by atoms with Crippen LogP contribution in [0.2, 0.25) is 0 Å². The standard InChI is InChI=1S/C10H16N2O2S/c1-4-5-10(2,3)12-9-11-6-7(15-9)8(13)14/h6H,4-5H2,1-3H3,(H,11,12)(H,13,14). The molecule has 0 aromatic carbocycles. The lowest BCUT2D eigenvalue weighted by Gasteiger charge is -2.25. The van der Waals surface area contributed by atoms with Gasteiger partial charge in [0.25, 0.3) is 0 Å². The molecule has 0 atom stereocenters. The van der Waals surface area contributed by atoms with Crippen molar-refractivity contribution in [1.29, 1.82) is 0 Å². The molecule has 1 aromatic heterocycles. The van der Waals surface area contributed by atoms with Gasteiger partial charge in [0.1, 0.15) is 4.88 Å². The second-order valence-electron chi connectivity index (χ2n) is 4.09. The zero-order valence-electron chi connectivity index (χ0n) is 9.20. The summed E-state index contributed by atoms with van der Waals surface area (Å²) in [4.78, 5) is 14.9. The van der Waals surface area contributed by atoms with E-state index in [1.165, 1.54) is 17.5 Å². The summed E-state index contributed by atoms with van der Waals surface area (Å²) >= 11 is 1.17. The minimum Gasteiger partial charge on any atom is -0.477 e. The van der Waals surface area contributed by atoms with Crippen LogP contribution < -0.4 is 5.32 Å². The molecule has 0 saturated carbocycles. The van der Waals surface area contributed by atoms with Crippen molar-refractivity contribution in [2.24, 2.45) is 0 Å². The normalized spacial score (nSPS) is 11.4. The molecule has 0 aliphatic rings. The fourth-order valence-corrected chi connectivity index (χ4v) is 2.24. The maximum absolute atomic E-state index is 10.6. The van der Waals surface area contributed by atoms with Gasteiger partial charge in [-0.15, -0.1) is 0 Å². The zero-order valence-corrected chi connectivity index (χ0v) is 10.0. The predicted molar refractivity (Wildman–Crippen MR) is 61.7 cm³/mol. The molecule has 0 amide bonds. The second kappa shape index (κ2) is 4.61. The summed E-state index contributed by atoms with van der Waals surface area (Å²) in [5, 5.41) is 12.7. The van der Waals surface area contributed by atoms with E-state index in [1.807, 2.05) is 0 Å². The van der Waals surface area contributed by atoms with Crippen molar-refractivity contribution in [2.45, 2.75) is 39.2 Å². The fraction of sp³-hybridized carbons (Fsp3) is 0.600. The molecule has 15 heavy (non-hydrogen) atoms. The first-order chi connectivity index (χ1) is 6.94. The van der Waals surface area contributed by atoms with E-state index in [1.54, 1.807) is 0 Å². The largest absolute Gasteiger partial charge is 0.477 e. The third kappa shape index (κ3) is 3.51. The Morgan fingerprint density at radius 1 is 1.67 bits per heavy atom. The van der Waals surface area contributed by atoms with Gasteiger partial charge < -0.3 is 10.4 Å². The van der Waals surface area contributed by atoms with Crippen molar-refractivity contribution >= 4 is 22.4 Å². The number of rotatable bonds is 5. The number of aromatic carboxylic acids is 1. The molecule has 0 fully saturated rings. The van der Waals surface area contributed by atoms with Crippen molar-refractivity contribution in [2.75, 3.05) is 5.32 Å². The Kier molecular flexibility index (Phi) is 3.68. The number of hydrogen-bond donors (Lipinski definition) is 2. The van der Waals surface area contributed by atoms with Gasteiger partial charge in [0.2, 0.25) is 0 Å². The molecular formula is C10H16N2O2S. The third-order valence-corrected chi connectivity index (χ3v) is 2.94. The summed E-state index contributed by atoms with van der Waals surface area (Å²) in [7, 11) is 0. The van der Waals surface area contributed by atoms with Crippen molar-refractivity contribution in [1.82, 2.24) is 4.98 Å². The van der Waals surface area contributed by atoms with Crippen LogP contribution in [-0.4, -0.2) is 21.6 Å². The Morgan fingerprint density at radius 2 is 2.33 bits per heavy atom. The third-order valence-electron chi connectivity index (χ3n) is 2.04. The van der Waals surface area contributed by atoms with E-state index in [-0.39, 0.29) is 10.4 Å². The van der Waals surface area contributed by atoms with Crippen LogP contribution in [0.1, 0.15) is 43.3 Å². The van der Waals surface area contributed by atoms with E-state index in [0.717, 1.165) is 12.8 Å². The molecule has 0 radical (unpaired) electrons. The number of anilines is 1. The fourth-order valence-electron chi connectivity index (χ4n) is 1.41. The van der Waals surface area contributed by atoms with E-state index >= 15 is 0 Å². The lowest BCUT2D eigenvalue weighted by Crippen LogP contribution is -2.30. The Morgan fingerprint density at radius 3 is 2.80 bits per heavy atom. The quantitative estimate of drug-likeness (QED) is 0.813. The minimum atomic E-state index is -0.922. The summed E-state index contributed by atoms with van der Waals surface area (Å²) in [5.74, 6) is -0.922. The van der Waals surface area contributed by atoms with E-state index in [2.05, 4.69) is 31.1 Å². The van der Waals surface area contributed by atoms with Gasteiger partial charge in [0, 0.05) is 5.54 Å². The number of thiazole rings is 1. The Labute approximate surface area is 93.4 Å². The van der Waals surface area contributed by atoms with Gasteiger partial charge in [0.05, 0.1) is 6.20 Å². The van der Waals surface area contributed by atoms with Crippen LogP contribution in [0.5, 0.6) is 0 Å². The molecule has 1 aromatic rings. The zero-order chi connectivity index (χ0) is 11.5. The summed E-state index contributed by atoms with van der Waals surface area (Å²) in [6.07, 6.45) is 3.49. The highest BCUT2D eigenvalue weighted by molar-refractivity contribution is 7.17. The Balaban J connectivity index is 2.68. The molecule has 5 heteroatoms. The molecule has 1 heterocycles. The average Bonchev–Trinajstić information content (AvgIpc) is 2.51. The molecule has 0 aliphatic carbocycles. The van der Waals surface area contributed by atoms with Gasteiger partial charge in [0.15, 0.2) is 5.13 Å². The molecule has 0 bridgehead atoms. The average molecular weight is 228 g/mol. The van der Waals surface area contributed by atoms with Crippen LogP contribution in [0.15, 0.2) is 6.20 Å². The lowest BCUT2D eigenvalue weighted by molar-refractivity contribution is 0.0702. The summed E-state index contributed by atoms with van der Waals surface area (Å²) in [5.41, 5.74) is -0.0393. The van der Waals surface area contributed by atoms with Crippen LogP contribution >= 0.6 is 11.3 Å². The van der Waals surface area contributed by atoms with Gasteiger partial charge in [-0.05, 0) is 20.3 Å². The van der Waals surface area contributed by atoms with Gasteiger partial charge in [-0.1, -0.05) is 24.7 Å². The van der Waals surface area contributed by atoms with Crippen molar-refractivity contribution in [3.8, 4) is 0 Å². The molecule has 4 nitrogen and oxygen atoms in total. The molecule has 0 spiro atoms. The Bertz CT molecular complexity index is 347. The van der Waals surface area contributed by atoms with E-state index in [4.69, 9.17) is 5.11 Å². The number of nitrogens with one attached hydrogen (secondary N) is 1. The maximum atomic E-state index is 10.6. The number of hydrogen-bond acceptors (Lipinski definition) is 4. The van der Waals surface area contributed by atoms with Crippen molar-refractivity contribution in [3.05, 3.63) is 11.1 Å². The highest BCUT2D eigenvalue weighted by Crippen LogP contribution is 2.24. The maximum Gasteiger partial charge on any atom is 0.347 e. The molecule has 0 saturated heterocycles. The second-order valence-corrected chi connectivity index (χ2v) is 5.12. The van der Waals surface area contributed by atoms with Gasteiger partial charge >= 0.3 is 5.97 Å². The van der Waals surface area contributed by atoms with Crippen molar-refractivity contribution < 1.29 is 9.90 Å². The van der Waals surface area contributed by atoms with Crippen LogP contribution in [0.25, 0.3) is 0 Å². The number of carboxylic acid groups (broad SMARTS) is 1. The molecule has 2 N–H and O–H groups in total. The Hall–Kier alpha value is -1.10. The summed E-state index contributed by atoms with van der Waals surface area (Å²) in [6.45, 7) is 6.28. The highest BCUT2D eigenvalue weighted by atomic mass is 32.1. The predicted octanol–water partition coefficient (Wildman–Crippen LogP) is 2.83. The van der Waals surface area contributed by atoms with Gasteiger partial charge in [-0.25, -0.2) is 9.78 Å². The topological polar surface area (TPSA) is 62.2 Å². The first kappa shape index (κ1) is 12.0. The lowest BCUT2D eigenvalue weighted by atomic mass is 10.00. The summed E-state index contributed by atoms with van der Waals surface area (Å²) in [6, 6.07) is 0. The van der Waals surface area contributed by atoms with Crippen LogP contribution in [0.4, 0.5) is 5.13 Å². The van der Waals surface area contributed by atoms with Crippen LogP contribution in [0.3, 0.4) is 0 Å². The van der Waals surface area contributed by atoms with Crippen LogP contribution in [0, 0.1) is 0 Å². The van der Waals surface area contributed by atoms with E-state index in [9.17, 15) is 4.79 Å². The molecule has 84 valence electrons. The molecular weight excluding hydrogens is 212 g/mol. The molecule has 1 rings (SSSR count). The number of aromatic nitrogens is 1. The number of carboxylic acids is 1. The van der Waals surface area contributed by atoms with Gasteiger partial charge in [-0.2, -0.15) is 0 Å². The molecule has 0 unspecified atom stereocenters. The number of nitrogens with zero attached hydrogens (tertiary/aromatic N) is 1. The minimum absolute atomic E-state index is 0.0393. The summed E-state index contributed by atoms with van der Waals surface area (Å²) < 4.78 is 0. The monoisotopic (exact) mass is 228 g/mol. The first-order valence-corrected chi connectivity index (χ1v) is 5.73. The molecule has 0 aliphatic heterocycles. The SMILES string of the molecule is CCCC(C)(C)Nc1ncc(C(=O)O)s1. The van der Waals surface area contributed by atoms with E-state index < -0.39 is 5.97 Å². The number of carbonyl (C=O) groups is 1. The van der Waals surface area contributed by atoms with E-state index in [0.29, 0.717) is 5.13 Å².